The molecule has 1 aliphatic rings. The molecule has 0 spiro atoms. The van der Waals surface area contributed by atoms with Gasteiger partial charge in [-0.1, -0.05) is 63.9 Å². The van der Waals surface area contributed by atoms with Gasteiger partial charge in [-0.25, -0.2) is 0 Å². The average molecular weight is 475 g/mol. The summed E-state index contributed by atoms with van der Waals surface area (Å²) in [7, 11) is 0. The third kappa shape index (κ3) is 3.68. The van der Waals surface area contributed by atoms with Crippen LogP contribution in [0.25, 0.3) is 16.8 Å². The van der Waals surface area contributed by atoms with Crippen LogP contribution in [0.2, 0.25) is 5.02 Å². The van der Waals surface area contributed by atoms with Gasteiger partial charge in [-0.2, -0.15) is 0 Å². The number of phenols is 1. The number of amides is 2. The average Bonchev–Trinajstić information content (AvgIpc) is 2.93. The molecule has 0 unspecified atom stereocenters. The van der Waals surface area contributed by atoms with Crippen LogP contribution >= 0.6 is 39.3 Å². The van der Waals surface area contributed by atoms with Crippen LogP contribution in [0.1, 0.15) is 11.1 Å². The summed E-state index contributed by atoms with van der Waals surface area (Å²) in [6.45, 7) is 0.193. The van der Waals surface area contributed by atoms with Gasteiger partial charge in [0, 0.05) is 10.0 Å². The third-order valence-corrected chi connectivity index (χ3v) is 6.03. The topological polar surface area (TPSA) is 57.6 Å². The van der Waals surface area contributed by atoms with E-state index >= 15 is 0 Å². The maximum absolute atomic E-state index is 12.8. The number of phenolic OH excluding ortho intramolecular Hbond substituents is 1. The molecule has 140 valence electrons. The number of rotatable bonds is 3. The van der Waals surface area contributed by atoms with Crippen molar-refractivity contribution in [3.8, 4) is 5.75 Å². The van der Waals surface area contributed by atoms with E-state index in [1.807, 2.05) is 42.5 Å². The van der Waals surface area contributed by atoms with Crippen LogP contribution in [-0.4, -0.2) is 21.2 Å². The van der Waals surface area contributed by atoms with Crippen LogP contribution in [-0.2, 0) is 11.3 Å². The van der Waals surface area contributed by atoms with E-state index in [1.165, 1.54) is 11.0 Å². The number of nitrogens with zero attached hydrogens (tertiary/aromatic N) is 1. The summed E-state index contributed by atoms with van der Waals surface area (Å²) in [5.41, 5.74) is 1.24. The molecule has 7 heteroatoms. The zero-order valence-electron chi connectivity index (χ0n) is 14.4. The second-order valence-corrected chi connectivity index (χ2v) is 8.59. The van der Waals surface area contributed by atoms with Crippen molar-refractivity contribution in [2.75, 3.05) is 0 Å². The molecule has 4 nitrogen and oxygen atoms in total. The molecule has 28 heavy (non-hydrogen) atoms. The molecule has 1 saturated heterocycles. The van der Waals surface area contributed by atoms with E-state index in [4.69, 9.17) is 11.6 Å². The molecule has 0 aromatic heterocycles. The van der Waals surface area contributed by atoms with E-state index in [9.17, 15) is 14.7 Å². The van der Waals surface area contributed by atoms with Crippen LogP contribution in [0.4, 0.5) is 4.79 Å². The molecule has 3 aromatic rings. The van der Waals surface area contributed by atoms with E-state index in [0.29, 0.717) is 10.0 Å². The minimum absolute atomic E-state index is 0.133. The number of benzene rings is 3. The minimum Gasteiger partial charge on any atom is -0.506 e. The summed E-state index contributed by atoms with van der Waals surface area (Å²) < 4.78 is 0.664. The fourth-order valence-corrected chi connectivity index (χ4v) is 4.66. The zero-order valence-corrected chi connectivity index (χ0v) is 17.5. The Labute approximate surface area is 178 Å². The summed E-state index contributed by atoms with van der Waals surface area (Å²) in [4.78, 5) is 26.6. The molecule has 0 aliphatic carbocycles. The van der Waals surface area contributed by atoms with Gasteiger partial charge in [0.05, 0.1) is 16.5 Å². The van der Waals surface area contributed by atoms with Gasteiger partial charge < -0.3 is 5.11 Å². The van der Waals surface area contributed by atoms with Gasteiger partial charge in [-0.3, -0.25) is 14.5 Å². The number of hydrogen-bond acceptors (Lipinski definition) is 4. The highest BCUT2D eigenvalue weighted by Crippen LogP contribution is 2.38. The maximum atomic E-state index is 12.8. The summed E-state index contributed by atoms with van der Waals surface area (Å²) >= 11 is 10.1. The fourth-order valence-electron chi connectivity index (χ4n) is 2.99. The number of carbonyl (C=O) groups excluding carboxylic acids is 2. The third-order valence-electron chi connectivity index (χ3n) is 4.37. The number of thioether (sulfide) groups is 1. The van der Waals surface area contributed by atoms with Crippen LogP contribution in [0, 0.1) is 0 Å². The number of hydrogen-bond donors (Lipinski definition) is 1. The Morgan fingerprint density at radius 2 is 1.82 bits per heavy atom. The van der Waals surface area contributed by atoms with Crippen molar-refractivity contribution in [3.63, 3.8) is 0 Å². The van der Waals surface area contributed by atoms with Crippen molar-refractivity contribution in [2.24, 2.45) is 0 Å². The first kappa shape index (κ1) is 19.1. The summed E-state index contributed by atoms with van der Waals surface area (Å²) in [6.07, 6.45) is 1.48. The van der Waals surface area contributed by atoms with E-state index in [2.05, 4.69) is 15.9 Å². The number of fused-ring (bicyclic) bond motifs is 1. The van der Waals surface area contributed by atoms with Crippen molar-refractivity contribution < 1.29 is 14.7 Å². The quantitative estimate of drug-likeness (QED) is 0.459. The van der Waals surface area contributed by atoms with Gasteiger partial charge in [0.1, 0.15) is 5.75 Å². The minimum atomic E-state index is -0.390. The van der Waals surface area contributed by atoms with Gasteiger partial charge >= 0.3 is 0 Å². The largest absolute Gasteiger partial charge is 0.506 e. The molecule has 0 bridgehead atoms. The predicted molar refractivity (Wildman–Crippen MR) is 116 cm³/mol. The molecule has 1 aliphatic heterocycles. The maximum Gasteiger partial charge on any atom is 0.293 e. The number of imide groups is 1. The first-order valence-electron chi connectivity index (χ1n) is 8.33. The van der Waals surface area contributed by atoms with Crippen molar-refractivity contribution >= 4 is 67.3 Å². The number of aromatic hydroxyl groups is 1. The monoisotopic (exact) mass is 473 g/mol. The molecule has 1 heterocycles. The molecule has 0 radical (unpaired) electrons. The Bertz CT molecular complexity index is 1160. The van der Waals surface area contributed by atoms with Gasteiger partial charge in [0.2, 0.25) is 0 Å². The van der Waals surface area contributed by atoms with Crippen molar-refractivity contribution in [2.45, 2.75) is 6.54 Å². The second kappa shape index (κ2) is 7.62. The van der Waals surface area contributed by atoms with Crippen LogP contribution in [0.15, 0.2) is 64.0 Å². The van der Waals surface area contributed by atoms with E-state index in [1.54, 1.807) is 12.1 Å². The molecule has 2 amide bonds. The SMILES string of the molecule is O=C1S/C(=C\c2cc(Br)cc(Cl)c2O)C(=O)N1Cc1ccc2ccccc2c1. The standard InChI is InChI=1S/C21H13BrClNO3S/c22-16-8-15(19(25)17(23)10-16)9-18-20(26)24(21(27)28-18)11-12-5-6-13-3-1-2-4-14(13)7-12/h1-10,25H,11H2/b18-9-. The molecule has 1 fully saturated rings. The highest BCUT2D eigenvalue weighted by molar-refractivity contribution is 9.10. The predicted octanol–water partition coefficient (Wildman–Crippen LogP) is 6.20. The van der Waals surface area contributed by atoms with Crippen molar-refractivity contribution in [1.82, 2.24) is 4.90 Å². The first-order chi connectivity index (χ1) is 13.4. The van der Waals surface area contributed by atoms with Crippen molar-refractivity contribution in [3.05, 3.63) is 80.1 Å². The molecule has 1 N–H and O–H groups in total. The second-order valence-electron chi connectivity index (χ2n) is 6.27. The van der Waals surface area contributed by atoms with E-state index in [-0.39, 0.29) is 27.5 Å². The first-order valence-corrected chi connectivity index (χ1v) is 10.3. The Morgan fingerprint density at radius 3 is 2.61 bits per heavy atom. The summed E-state index contributed by atoms with van der Waals surface area (Å²) in [5, 5.41) is 12.1. The molecule has 0 atom stereocenters. The molecule has 0 saturated carbocycles. The van der Waals surface area contributed by atoms with Gasteiger partial charge in [0.15, 0.2) is 0 Å². The molecular weight excluding hydrogens is 462 g/mol. The lowest BCUT2D eigenvalue weighted by atomic mass is 10.1. The lowest BCUT2D eigenvalue weighted by Crippen LogP contribution is -2.27. The molecule has 3 aromatic carbocycles. The zero-order chi connectivity index (χ0) is 19.8. The highest BCUT2D eigenvalue weighted by Gasteiger charge is 2.35. The lowest BCUT2D eigenvalue weighted by Gasteiger charge is -2.13. The Balaban J connectivity index is 1.62. The van der Waals surface area contributed by atoms with Crippen LogP contribution < -0.4 is 0 Å². The number of halogens is 2. The van der Waals surface area contributed by atoms with Crippen LogP contribution in [0.3, 0.4) is 0 Å². The van der Waals surface area contributed by atoms with E-state index in [0.717, 1.165) is 28.1 Å². The Kier molecular flexibility index (Phi) is 5.19. The Morgan fingerprint density at radius 1 is 1.07 bits per heavy atom. The molecular formula is C21H13BrClNO3S. The van der Waals surface area contributed by atoms with Crippen molar-refractivity contribution in [1.29, 1.82) is 0 Å². The van der Waals surface area contributed by atoms with E-state index < -0.39 is 5.91 Å². The number of carbonyl (C=O) groups is 2. The summed E-state index contributed by atoms with van der Waals surface area (Å²) in [5.74, 6) is -0.523. The normalized spacial score (nSPS) is 15.8. The fraction of sp³-hybridized carbons (Fsp3) is 0.0476. The van der Waals surface area contributed by atoms with Gasteiger partial charge in [0.25, 0.3) is 11.1 Å². The van der Waals surface area contributed by atoms with Gasteiger partial charge in [-0.05, 0) is 52.4 Å². The van der Waals surface area contributed by atoms with Gasteiger partial charge in [-0.15, -0.1) is 0 Å². The smallest absolute Gasteiger partial charge is 0.293 e. The highest BCUT2D eigenvalue weighted by atomic mass is 79.9. The molecule has 4 rings (SSSR count). The Hall–Kier alpha value is -2.28. The summed E-state index contributed by atoms with van der Waals surface area (Å²) in [6, 6.07) is 17.0. The van der Waals surface area contributed by atoms with Crippen LogP contribution in [0.5, 0.6) is 5.75 Å². The lowest BCUT2D eigenvalue weighted by molar-refractivity contribution is -0.123.